The Hall–Kier alpha value is -1.09. The van der Waals surface area contributed by atoms with Gasteiger partial charge in [0.2, 0.25) is 0 Å². The Bertz CT molecular complexity index is 292. The number of ether oxygens (including phenoxy) is 2. The van der Waals surface area contributed by atoms with Crippen LogP contribution < -0.4 is 4.74 Å². The van der Waals surface area contributed by atoms with Crippen LogP contribution in [-0.4, -0.2) is 13.2 Å². The number of fused-ring (bicyclic) bond motifs is 1. The molecule has 1 aromatic carbocycles. The average Bonchev–Trinajstić information content (AvgIpc) is 2.31. The first kappa shape index (κ1) is 8.51. The molecular formula is C10H11FO2. The minimum atomic E-state index is -0.222. The van der Waals surface area contributed by atoms with Crippen LogP contribution in [-0.2, 0) is 11.3 Å². The van der Waals surface area contributed by atoms with E-state index >= 15 is 0 Å². The largest absolute Gasteiger partial charge is 0.491 e. The number of rotatable bonds is 0. The molecule has 70 valence electrons. The van der Waals surface area contributed by atoms with Crippen LogP contribution in [0.15, 0.2) is 12.1 Å². The lowest BCUT2D eigenvalue weighted by molar-refractivity contribution is 0.107. The van der Waals surface area contributed by atoms with Gasteiger partial charge in [-0.25, -0.2) is 4.39 Å². The molecule has 0 N–H and O–H groups in total. The summed E-state index contributed by atoms with van der Waals surface area (Å²) in [5, 5.41) is 0. The van der Waals surface area contributed by atoms with Crippen LogP contribution in [0.4, 0.5) is 4.39 Å². The van der Waals surface area contributed by atoms with Gasteiger partial charge in [-0.05, 0) is 18.6 Å². The van der Waals surface area contributed by atoms with Crippen LogP contribution in [0.1, 0.15) is 11.1 Å². The van der Waals surface area contributed by atoms with Crippen molar-refractivity contribution < 1.29 is 13.9 Å². The molecule has 2 nitrogen and oxygen atoms in total. The molecule has 0 fully saturated rings. The van der Waals surface area contributed by atoms with Crippen molar-refractivity contribution >= 4 is 0 Å². The van der Waals surface area contributed by atoms with Gasteiger partial charge in [0.15, 0.2) is 0 Å². The number of benzene rings is 1. The first-order chi connectivity index (χ1) is 6.27. The second kappa shape index (κ2) is 3.34. The standard InChI is InChI=1S/C10H11FO2/c1-7-4-8-6-12-2-3-13-10(8)5-9(7)11/h4-5H,2-3,6H2,1H3. The highest BCUT2D eigenvalue weighted by atomic mass is 19.1. The Morgan fingerprint density at radius 1 is 1.31 bits per heavy atom. The fourth-order valence-corrected chi connectivity index (χ4v) is 1.36. The zero-order chi connectivity index (χ0) is 9.26. The van der Waals surface area contributed by atoms with Crippen LogP contribution in [0.25, 0.3) is 0 Å². The first-order valence-electron chi connectivity index (χ1n) is 4.27. The fourth-order valence-electron chi connectivity index (χ4n) is 1.36. The minimum Gasteiger partial charge on any atom is -0.491 e. The van der Waals surface area contributed by atoms with Gasteiger partial charge in [0, 0.05) is 11.6 Å². The molecular weight excluding hydrogens is 171 g/mol. The van der Waals surface area contributed by atoms with Gasteiger partial charge < -0.3 is 9.47 Å². The maximum atomic E-state index is 13.1. The molecule has 0 radical (unpaired) electrons. The SMILES string of the molecule is Cc1cc2c(cc1F)OCCOC2. The van der Waals surface area contributed by atoms with Gasteiger partial charge in [0.25, 0.3) is 0 Å². The van der Waals surface area contributed by atoms with Crippen molar-refractivity contribution in [1.29, 1.82) is 0 Å². The van der Waals surface area contributed by atoms with Gasteiger partial charge in [-0.15, -0.1) is 0 Å². The molecule has 0 saturated heterocycles. The summed E-state index contributed by atoms with van der Waals surface area (Å²) in [5.41, 5.74) is 1.56. The van der Waals surface area contributed by atoms with Crippen LogP contribution >= 0.6 is 0 Å². The summed E-state index contributed by atoms with van der Waals surface area (Å²) in [6, 6.07) is 3.20. The van der Waals surface area contributed by atoms with E-state index in [1.54, 1.807) is 13.0 Å². The molecule has 0 saturated carbocycles. The molecule has 0 atom stereocenters. The average molecular weight is 182 g/mol. The van der Waals surface area contributed by atoms with Crippen LogP contribution in [0.2, 0.25) is 0 Å². The van der Waals surface area contributed by atoms with Gasteiger partial charge in [-0.2, -0.15) is 0 Å². The summed E-state index contributed by atoms with van der Waals surface area (Å²) >= 11 is 0. The van der Waals surface area contributed by atoms with E-state index in [0.29, 0.717) is 31.1 Å². The molecule has 0 spiro atoms. The van der Waals surface area contributed by atoms with Crippen molar-refractivity contribution in [3.05, 3.63) is 29.1 Å². The third-order valence-corrected chi connectivity index (χ3v) is 2.08. The van der Waals surface area contributed by atoms with Crippen LogP contribution in [0, 0.1) is 12.7 Å². The Labute approximate surface area is 76.3 Å². The van der Waals surface area contributed by atoms with Gasteiger partial charge in [-0.1, -0.05) is 0 Å². The number of halogens is 1. The second-order valence-corrected chi connectivity index (χ2v) is 3.11. The quantitative estimate of drug-likeness (QED) is 0.611. The van der Waals surface area contributed by atoms with E-state index in [-0.39, 0.29) is 5.82 Å². The maximum absolute atomic E-state index is 13.1. The maximum Gasteiger partial charge on any atom is 0.129 e. The summed E-state index contributed by atoms with van der Waals surface area (Å²) in [6.07, 6.45) is 0. The van der Waals surface area contributed by atoms with Crippen LogP contribution in [0.5, 0.6) is 5.75 Å². The lowest BCUT2D eigenvalue weighted by Crippen LogP contribution is -2.01. The zero-order valence-electron chi connectivity index (χ0n) is 7.47. The molecule has 0 bridgehead atoms. The lowest BCUT2D eigenvalue weighted by atomic mass is 10.1. The van der Waals surface area contributed by atoms with Crippen molar-refractivity contribution in [2.24, 2.45) is 0 Å². The molecule has 2 rings (SSSR count). The summed E-state index contributed by atoms with van der Waals surface area (Å²) in [4.78, 5) is 0. The Balaban J connectivity index is 2.43. The minimum absolute atomic E-state index is 0.222. The summed E-state index contributed by atoms with van der Waals surface area (Å²) in [6.45, 7) is 3.31. The van der Waals surface area contributed by atoms with E-state index in [0.717, 1.165) is 5.56 Å². The van der Waals surface area contributed by atoms with Gasteiger partial charge in [0.1, 0.15) is 18.2 Å². The molecule has 0 aliphatic carbocycles. The molecule has 1 aliphatic rings. The number of hydrogen-bond acceptors (Lipinski definition) is 2. The van der Waals surface area contributed by atoms with Gasteiger partial charge >= 0.3 is 0 Å². The van der Waals surface area contributed by atoms with E-state index in [1.165, 1.54) is 6.07 Å². The first-order valence-corrected chi connectivity index (χ1v) is 4.27. The van der Waals surface area contributed by atoms with Crippen molar-refractivity contribution in [1.82, 2.24) is 0 Å². The summed E-state index contributed by atoms with van der Waals surface area (Å²) in [7, 11) is 0. The molecule has 0 unspecified atom stereocenters. The van der Waals surface area contributed by atoms with E-state index in [1.807, 2.05) is 0 Å². The summed E-state index contributed by atoms with van der Waals surface area (Å²) < 4.78 is 23.7. The van der Waals surface area contributed by atoms with Gasteiger partial charge in [0.05, 0.1) is 13.2 Å². The lowest BCUT2D eigenvalue weighted by Gasteiger charge is -2.07. The summed E-state index contributed by atoms with van der Waals surface area (Å²) in [5.74, 6) is 0.390. The molecule has 0 amide bonds. The van der Waals surface area contributed by atoms with Crippen molar-refractivity contribution in [3.8, 4) is 5.75 Å². The second-order valence-electron chi connectivity index (χ2n) is 3.11. The highest BCUT2D eigenvalue weighted by Gasteiger charge is 2.11. The Kier molecular flexibility index (Phi) is 2.19. The predicted octanol–water partition coefficient (Wildman–Crippen LogP) is 2.04. The molecule has 0 aromatic heterocycles. The van der Waals surface area contributed by atoms with E-state index in [2.05, 4.69) is 0 Å². The zero-order valence-corrected chi connectivity index (χ0v) is 7.47. The molecule has 3 heteroatoms. The monoisotopic (exact) mass is 182 g/mol. The smallest absolute Gasteiger partial charge is 0.129 e. The highest BCUT2D eigenvalue weighted by molar-refractivity contribution is 5.37. The number of hydrogen-bond donors (Lipinski definition) is 0. The van der Waals surface area contributed by atoms with E-state index < -0.39 is 0 Å². The molecule has 1 heterocycles. The van der Waals surface area contributed by atoms with Crippen molar-refractivity contribution in [2.75, 3.05) is 13.2 Å². The van der Waals surface area contributed by atoms with E-state index in [9.17, 15) is 4.39 Å². The predicted molar refractivity (Wildman–Crippen MR) is 46.3 cm³/mol. The van der Waals surface area contributed by atoms with Crippen molar-refractivity contribution in [2.45, 2.75) is 13.5 Å². The normalized spacial score (nSPS) is 15.8. The third kappa shape index (κ3) is 1.65. The molecule has 13 heavy (non-hydrogen) atoms. The molecule has 1 aliphatic heterocycles. The van der Waals surface area contributed by atoms with Gasteiger partial charge in [-0.3, -0.25) is 0 Å². The highest BCUT2D eigenvalue weighted by Crippen LogP contribution is 2.25. The van der Waals surface area contributed by atoms with E-state index in [4.69, 9.17) is 9.47 Å². The fraction of sp³-hybridized carbons (Fsp3) is 0.400. The Morgan fingerprint density at radius 2 is 2.15 bits per heavy atom. The number of aryl methyl sites for hydroxylation is 1. The van der Waals surface area contributed by atoms with Crippen LogP contribution in [0.3, 0.4) is 0 Å². The topological polar surface area (TPSA) is 18.5 Å². The Morgan fingerprint density at radius 3 is 3.00 bits per heavy atom. The molecule has 1 aromatic rings. The third-order valence-electron chi connectivity index (χ3n) is 2.08. The van der Waals surface area contributed by atoms with Crippen molar-refractivity contribution in [3.63, 3.8) is 0 Å².